The summed E-state index contributed by atoms with van der Waals surface area (Å²) in [7, 11) is 1.71. The van der Waals surface area contributed by atoms with Gasteiger partial charge in [0, 0.05) is 45.4 Å². The number of carbonyl (C=O) groups excluding carboxylic acids is 1. The predicted molar refractivity (Wildman–Crippen MR) is 127 cm³/mol. The Labute approximate surface area is 189 Å². The summed E-state index contributed by atoms with van der Waals surface area (Å²) < 4.78 is 13.5. The molecule has 8 heteroatoms. The Morgan fingerprint density at radius 1 is 1.36 bits per heavy atom. The number of nitrogens with zero attached hydrogens (tertiary/aromatic N) is 2. The SMILES string of the molecule is CN=C(NCCC(=O)N1CCCC(C)C1)NCc1ccc(F)cc1CSC.I. The van der Waals surface area contributed by atoms with E-state index in [0.717, 1.165) is 36.4 Å². The molecule has 2 N–H and O–H groups in total. The van der Waals surface area contributed by atoms with Crippen LogP contribution in [0.1, 0.15) is 37.3 Å². The van der Waals surface area contributed by atoms with Gasteiger partial charge in [-0.3, -0.25) is 9.79 Å². The van der Waals surface area contributed by atoms with Crippen molar-refractivity contribution in [1.29, 1.82) is 0 Å². The summed E-state index contributed by atoms with van der Waals surface area (Å²) in [5.41, 5.74) is 2.03. The Kier molecular flexibility index (Phi) is 11.8. The van der Waals surface area contributed by atoms with Crippen LogP contribution in [0.5, 0.6) is 0 Å². The van der Waals surface area contributed by atoms with Crippen LogP contribution in [-0.2, 0) is 17.1 Å². The topological polar surface area (TPSA) is 56.7 Å². The van der Waals surface area contributed by atoms with E-state index in [1.807, 2.05) is 17.2 Å². The highest BCUT2D eigenvalue weighted by Gasteiger charge is 2.20. The second-order valence-electron chi connectivity index (χ2n) is 7.04. The molecule has 0 spiro atoms. The number of aliphatic imine (C=N–C) groups is 1. The number of benzene rings is 1. The van der Waals surface area contributed by atoms with Crippen molar-refractivity contribution in [3.63, 3.8) is 0 Å². The first-order valence-electron chi connectivity index (χ1n) is 9.52. The molecular weight excluding hydrogens is 490 g/mol. The van der Waals surface area contributed by atoms with Crippen molar-refractivity contribution in [2.45, 2.75) is 38.5 Å². The third kappa shape index (κ3) is 8.14. The van der Waals surface area contributed by atoms with E-state index < -0.39 is 0 Å². The molecule has 0 aliphatic carbocycles. The van der Waals surface area contributed by atoms with Gasteiger partial charge in [-0.1, -0.05) is 13.0 Å². The number of halogens is 2. The van der Waals surface area contributed by atoms with Gasteiger partial charge in [-0.2, -0.15) is 11.8 Å². The van der Waals surface area contributed by atoms with Gasteiger partial charge < -0.3 is 15.5 Å². The first-order chi connectivity index (χ1) is 13.0. The van der Waals surface area contributed by atoms with E-state index in [0.29, 0.717) is 31.4 Å². The van der Waals surface area contributed by atoms with Gasteiger partial charge in [0.25, 0.3) is 0 Å². The molecule has 1 aromatic carbocycles. The summed E-state index contributed by atoms with van der Waals surface area (Å²) in [6, 6.07) is 4.87. The first kappa shape index (κ1) is 25.0. The fourth-order valence-corrected chi connectivity index (χ4v) is 3.90. The number of nitrogens with one attached hydrogen (secondary N) is 2. The number of piperidine rings is 1. The molecule has 1 atom stereocenters. The minimum atomic E-state index is -0.212. The number of hydrogen-bond donors (Lipinski definition) is 2. The van der Waals surface area contributed by atoms with E-state index in [2.05, 4.69) is 22.5 Å². The van der Waals surface area contributed by atoms with Gasteiger partial charge in [0.1, 0.15) is 5.82 Å². The molecule has 1 amide bonds. The summed E-state index contributed by atoms with van der Waals surface area (Å²) in [4.78, 5) is 18.5. The number of hydrogen-bond acceptors (Lipinski definition) is 3. The van der Waals surface area contributed by atoms with Crippen LogP contribution in [-0.4, -0.2) is 49.7 Å². The summed E-state index contributed by atoms with van der Waals surface area (Å²) in [5, 5.41) is 6.44. The Hall–Kier alpha value is -1.03. The van der Waals surface area contributed by atoms with Gasteiger partial charge in [-0.05, 0) is 48.3 Å². The average Bonchev–Trinajstić information content (AvgIpc) is 2.66. The Bertz CT molecular complexity index is 659. The van der Waals surface area contributed by atoms with Crippen molar-refractivity contribution in [2.75, 3.05) is 32.9 Å². The first-order valence-corrected chi connectivity index (χ1v) is 10.9. The zero-order valence-corrected chi connectivity index (χ0v) is 20.1. The summed E-state index contributed by atoms with van der Waals surface area (Å²) in [6.07, 6.45) is 4.77. The number of likely N-dealkylation sites (tertiary alicyclic amines) is 1. The quantitative estimate of drug-likeness (QED) is 0.327. The molecule has 0 saturated carbocycles. The van der Waals surface area contributed by atoms with E-state index >= 15 is 0 Å². The number of carbonyl (C=O) groups is 1. The molecule has 5 nitrogen and oxygen atoms in total. The summed E-state index contributed by atoms with van der Waals surface area (Å²) in [5.74, 6) is 2.00. The lowest BCUT2D eigenvalue weighted by Crippen LogP contribution is -2.42. The number of amides is 1. The van der Waals surface area contributed by atoms with Crippen molar-refractivity contribution in [3.8, 4) is 0 Å². The monoisotopic (exact) mass is 522 g/mol. The molecule has 2 rings (SSSR count). The van der Waals surface area contributed by atoms with E-state index in [9.17, 15) is 9.18 Å². The van der Waals surface area contributed by atoms with E-state index in [1.54, 1.807) is 24.9 Å². The largest absolute Gasteiger partial charge is 0.356 e. The van der Waals surface area contributed by atoms with Crippen molar-refractivity contribution < 1.29 is 9.18 Å². The van der Waals surface area contributed by atoms with Crippen LogP contribution < -0.4 is 10.6 Å². The van der Waals surface area contributed by atoms with E-state index in [4.69, 9.17) is 0 Å². The lowest BCUT2D eigenvalue weighted by molar-refractivity contribution is -0.132. The standard InChI is InChI=1S/C20H31FN4OS.HI/c1-15-5-4-10-25(13-15)19(26)8-9-23-20(22-2)24-12-16-6-7-18(21)11-17(16)14-27-3;/h6-7,11,15H,4-5,8-10,12-14H2,1-3H3,(H2,22,23,24);1H. The molecule has 0 aromatic heterocycles. The maximum Gasteiger partial charge on any atom is 0.224 e. The van der Waals surface area contributed by atoms with Crippen LogP contribution in [0, 0.1) is 11.7 Å². The molecule has 1 fully saturated rings. The second-order valence-corrected chi connectivity index (χ2v) is 7.90. The van der Waals surface area contributed by atoms with Crippen LogP contribution in [0.15, 0.2) is 23.2 Å². The zero-order chi connectivity index (χ0) is 19.6. The number of rotatable bonds is 7. The molecule has 0 radical (unpaired) electrons. The summed E-state index contributed by atoms with van der Waals surface area (Å²) in [6.45, 7) is 5.05. The Morgan fingerprint density at radius 2 is 2.14 bits per heavy atom. The lowest BCUT2D eigenvalue weighted by atomic mass is 10.00. The van der Waals surface area contributed by atoms with Crippen molar-refractivity contribution in [1.82, 2.24) is 15.5 Å². The van der Waals surface area contributed by atoms with Crippen LogP contribution in [0.25, 0.3) is 0 Å². The van der Waals surface area contributed by atoms with Gasteiger partial charge in [0.15, 0.2) is 5.96 Å². The Morgan fingerprint density at radius 3 is 2.82 bits per heavy atom. The Balaban J connectivity index is 0.00000392. The molecular formula is C20H32FIN4OS. The van der Waals surface area contributed by atoms with Crippen LogP contribution in [0.4, 0.5) is 4.39 Å². The smallest absolute Gasteiger partial charge is 0.224 e. The third-order valence-corrected chi connectivity index (χ3v) is 5.38. The zero-order valence-electron chi connectivity index (χ0n) is 17.0. The fraction of sp³-hybridized carbons (Fsp3) is 0.600. The molecule has 1 saturated heterocycles. The average molecular weight is 522 g/mol. The molecule has 158 valence electrons. The minimum absolute atomic E-state index is 0. The highest BCUT2D eigenvalue weighted by Crippen LogP contribution is 2.17. The lowest BCUT2D eigenvalue weighted by Gasteiger charge is -2.31. The van der Waals surface area contributed by atoms with Crippen molar-refractivity contribution >= 4 is 47.6 Å². The molecule has 0 bridgehead atoms. The highest BCUT2D eigenvalue weighted by atomic mass is 127. The molecule has 1 aromatic rings. The maximum absolute atomic E-state index is 13.5. The van der Waals surface area contributed by atoms with E-state index in [1.165, 1.54) is 12.5 Å². The van der Waals surface area contributed by atoms with Gasteiger partial charge >= 0.3 is 0 Å². The van der Waals surface area contributed by atoms with Crippen molar-refractivity contribution in [3.05, 3.63) is 35.1 Å². The van der Waals surface area contributed by atoms with Crippen LogP contribution >= 0.6 is 35.7 Å². The normalized spacial score (nSPS) is 17.1. The van der Waals surface area contributed by atoms with Crippen molar-refractivity contribution in [2.24, 2.45) is 10.9 Å². The highest BCUT2D eigenvalue weighted by molar-refractivity contribution is 14.0. The van der Waals surface area contributed by atoms with Gasteiger partial charge in [0.2, 0.25) is 5.91 Å². The number of thioether (sulfide) groups is 1. The molecule has 1 heterocycles. The number of guanidine groups is 1. The molecule has 1 unspecified atom stereocenters. The second kappa shape index (κ2) is 13.2. The van der Waals surface area contributed by atoms with Crippen LogP contribution in [0.2, 0.25) is 0 Å². The molecule has 1 aliphatic rings. The van der Waals surface area contributed by atoms with E-state index in [-0.39, 0.29) is 35.7 Å². The van der Waals surface area contributed by atoms with Crippen LogP contribution in [0.3, 0.4) is 0 Å². The molecule has 28 heavy (non-hydrogen) atoms. The van der Waals surface area contributed by atoms with Gasteiger partial charge in [-0.15, -0.1) is 24.0 Å². The molecule has 1 aliphatic heterocycles. The predicted octanol–water partition coefficient (Wildman–Crippen LogP) is 3.62. The van der Waals surface area contributed by atoms with Gasteiger partial charge in [-0.25, -0.2) is 4.39 Å². The maximum atomic E-state index is 13.5. The fourth-order valence-electron chi connectivity index (χ4n) is 3.32. The third-order valence-electron chi connectivity index (χ3n) is 4.78. The summed E-state index contributed by atoms with van der Waals surface area (Å²) >= 11 is 1.67. The van der Waals surface area contributed by atoms with Gasteiger partial charge in [0.05, 0.1) is 0 Å². The minimum Gasteiger partial charge on any atom is -0.356 e.